The number of anilines is 1. The highest BCUT2D eigenvalue weighted by Crippen LogP contribution is 2.17. The van der Waals surface area contributed by atoms with Gasteiger partial charge in [-0.15, -0.1) is 6.58 Å². The molecular weight excluding hydrogens is 202 g/mol. The van der Waals surface area contributed by atoms with Gasteiger partial charge in [0.25, 0.3) is 5.56 Å². The van der Waals surface area contributed by atoms with Gasteiger partial charge in [-0.2, -0.15) is 0 Å². The number of aromatic nitrogens is 2. The van der Waals surface area contributed by atoms with Crippen LogP contribution in [0.3, 0.4) is 0 Å². The van der Waals surface area contributed by atoms with E-state index in [4.69, 9.17) is 11.6 Å². The molecule has 0 aliphatic carbocycles. The third-order valence-corrected chi connectivity index (χ3v) is 2.15. The number of rotatable bonds is 4. The minimum Gasteiger partial charge on any atom is -0.352 e. The lowest BCUT2D eigenvalue weighted by atomic mass is 10.4. The van der Waals surface area contributed by atoms with E-state index in [2.05, 4.69) is 16.5 Å². The average molecular weight is 214 g/mol. The van der Waals surface area contributed by atoms with Crippen molar-refractivity contribution in [3.05, 3.63) is 34.4 Å². The molecule has 1 rings (SSSR count). The Labute approximate surface area is 87.2 Å². The van der Waals surface area contributed by atoms with Crippen molar-refractivity contribution in [3.63, 3.8) is 0 Å². The Morgan fingerprint density at radius 3 is 3.07 bits per heavy atom. The minimum absolute atomic E-state index is 0.121. The Hall–Kier alpha value is -1.29. The lowest BCUT2D eigenvalue weighted by Crippen LogP contribution is -2.26. The predicted octanol–water partition coefficient (Wildman–Crippen LogP) is 1.44. The number of hydrogen-bond acceptors (Lipinski definition) is 3. The van der Waals surface area contributed by atoms with E-state index in [1.54, 1.807) is 6.08 Å². The van der Waals surface area contributed by atoms with Gasteiger partial charge in [-0.05, 0) is 6.92 Å². The van der Waals surface area contributed by atoms with Crippen LogP contribution in [0.4, 0.5) is 5.82 Å². The first kappa shape index (κ1) is 10.8. The topological polar surface area (TPSA) is 49.0 Å². The molecule has 0 atom stereocenters. The monoisotopic (exact) mass is 213 g/mol. The van der Waals surface area contributed by atoms with Crippen LogP contribution in [-0.2, 0) is 0 Å². The Kier molecular flexibility index (Phi) is 3.71. The van der Waals surface area contributed by atoms with Crippen LogP contribution in [-0.4, -0.2) is 23.1 Å². The van der Waals surface area contributed by atoms with E-state index in [-0.39, 0.29) is 10.6 Å². The summed E-state index contributed by atoms with van der Waals surface area (Å²) in [6, 6.07) is 0. The maximum absolute atomic E-state index is 11.2. The van der Waals surface area contributed by atoms with Crippen molar-refractivity contribution >= 4 is 17.4 Å². The summed E-state index contributed by atoms with van der Waals surface area (Å²) in [6.45, 7) is 6.93. The molecule has 5 heteroatoms. The third kappa shape index (κ3) is 2.14. The zero-order valence-electron chi connectivity index (χ0n) is 7.96. The standard InChI is InChI=1S/C9H12ClN3O/c1-3-5-13(4-2)8-7(10)9(14)12-6-11-8/h3,6H,1,4-5H2,2H3,(H,11,12,14). The normalized spacial score (nSPS) is 9.86. The van der Waals surface area contributed by atoms with Crippen LogP contribution < -0.4 is 10.5 Å². The largest absolute Gasteiger partial charge is 0.352 e. The molecule has 14 heavy (non-hydrogen) atoms. The minimum atomic E-state index is -0.320. The molecule has 0 aliphatic heterocycles. The van der Waals surface area contributed by atoms with Gasteiger partial charge in [0.05, 0.1) is 6.33 Å². The summed E-state index contributed by atoms with van der Waals surface area (Å²) in [6.07, 6.45) is 3.08. The van der Waals surface area contributed by atoms with Gasteiger partial charge in [-0.1, -0.05) is 17.7 Å². The molecule has 0 bridgehead atoms. The molecule has 1 heterocycles. The molecule has 1 aromatic rings. The third-order valence-electron chi connectivity index (χ3n) is 1.81. The van der Waals surface area contributed by atoms with Gasteiger partial charge in [0.15, 0.2) is 5.82 Å². The maximum atomic E-state index is 11.2. The number of halogens is 1. The summed E-state index contributed by atoms with van der Waals surface area (Å²) in [5, 5.41) is 0.121. The van der Waals surface area contributed by atoms with Crippen molar-refractivity contribution in [1.29, 1.82) is 0 Å². The van der Waals surface area contributed by atoms with E-state index in [0.29, 0.717) is 12.4 Å². The Morgan fingerprint density at radius 1 is 1.79 bits per heavy atom. The SMILES string of the molecule is C=CCN(CC)c1nc[nH]c(=O)c1Cl. The highest BCUT2D eigenvalue weighted by molar-refractivity contribution is 6.32. The summed E-state index contributed by atoms with van der Waals surface area (Å²) >= 11 is 5.82. The van der Waals surface area contributed by atoms with Crippen molar-refractivity contribution in [1.82, 2.24) is 9.97 Å². The van der Waals surface area contributed by atoms with Crippen molar-refractivity contribution in [3.8, 4) is 0 Å². The van der Waals surface area contributed by atoms with Gasteiger partial charge in [0, 0.05) is 13.1 Å². The highest BCUT2D eigenvalue weighted by atomic mass is 35.5. The lowest BCUT2D eigenvalue weighted by molar-refractivity contribution is 0.873. The summed E-state index contributed by atoms with van der Waals surface area (Å²) in [4.78, 5) is 19.5. The number of nitrogens with one attached hydrogen (secondary N) is 1. The maximum Gasteiger partial charge on any atom is 0.271 e. The van der Waals surface area contributed by atoms with Crippen LogP contribution in [0.15, 0.2) is 23.8 Å². The van der Waals surface area contributed by atoms with Gasteiger partial charge < -0.3 is 9.88 Å². The number of hydrogen-bond donors (Lipinski definition) is 1. The number of aromatic amines is 1. The van der Waals surface area contributed by atoms with Crippen LogP contribution in [0, 0.1) is 0 Å². The summed E-state index contributed by atoms with van der Waals surface area (Å²) in [7, 11) is 0. The second-order valence-corrected chi connectivity index (χ2v) is 3.07. The van der Waals surface area contributed by atoms with Crippen LogP contribution in [0.25, 0.3) is 0 Å². The average Bonchev–Trinajstić information content (AvgIpc) is 2.19. The van der Waals surface area contributed by atoms with E-state index in [9.17, 15) is 4.79 Å². The van der Waals surface area contributed by atoms with E-state index < -0.39 is 0 Å². The molecule has 76 valence electrons. The quantitative estimate of drug-likeness (QED) is 0.770. The van der Waals surface area contributed by atoms with Crippen molar-refractivity contribution < 1.29 is 0 Å². The molecule has 0 saturated carbocycles. The smallest absolute Gasteiger partial charge is 0.271 e. The fraction of sp³-hybridized carbons (Fsp3) is 0.333. The fourth-order valence-corrected chi connectivity index (χ4v) is 1.34. The predicted molar refractivity (Wildman–Crippen MR) is 58.0 cm³/mol. The molecule has 0 aliphatic rings. The second kappa shape index (κ2) is 4.81. The van der Waals surface area contributed by atoms with Gasteiger partial charge in [-0.25, -0.2) is 4.98 Å². The molecule has 0 aromatic carbocycles. The molecule has 1 aromatic heterocycles. The van der Waals surface area contributed by atoms with Crippen LogP contribution in [0.5, 0.6) is 0 Å². The number of likely N-dealkylation sites (N-methyl/N-ethyl adjacent to an activating group) is 1. The van der Waals surface area contributed by atoms with E-state index >= 15 is 0 Å². The van der Waals surface area contributed by atoms with Gasteiger partial charge in [0.1, 0.15) is 5.02 Å². The first-order chi connectivity index (χ1) is 6.70. The summed E-state index contributed by atoms with van der Waals surface area (Å²) in [5.41, 5.74) is -0.320. The Balaban J connectivity index is 3.09. The molecule has 0 saturated heterocycles. The van der Waals surface area contributed by atoms with Gasteiger partial charge >= 0.3 is 0 Å². The van der Waals surface area contributed by atoms with Crippen molar-refractivity contribution in [2.45, 2.75) is 6.92 Å². The Morgan fingerprint density at radius 2 is 2.50 bits per heavy atom. The summed E-state index contributed by atoms with van der Waals surface area (Å²) in [5.74, 6) is 0.498. The molecule has 0 unspecified atom stereocenters. The van der Waals surface area contributed by atoms with Crippen LogP contribution in [0.2, 0.25) is 5.02 Å². The van der Waals surface area contributed by atoms with Crippen LogP contribution >= 0.6 is 11.6 Å². The first-order valence-electron chi connectivity index (χ1n) is 4.29. The van der Waals surface area contributed by atoms with Crippen LogP contribution in [0.1, 0.15) is 6.92 Å². The summed E-state index contributed by atoms with van der Waals surface area (Å²) < 4.78 is 0. The van der Waals surface area contributed by atoms with Crippen molar-refractivity contribution in [2.75, 3.05) is 18.0 Å². The second-order valence-electron chi connectivity index (χ2n) is 2.70. The van der Waals surface area contributed by atoms with E-state index in [0.717, 1.165) is 6.54 Å². The Bertz CT molecular complexity index is 375. The highest BCUT2D eigenvalue weighted by Gasteiger charge is 2.10. The van der Waals surface area contributed by atoms with E-state index in [1.807, 2.05) is 11.8 Å². The first-order valence-corrected chi connectivity index (χ1v) is 4.67. The molecule has 0 radical (unpaired) electrons. The molecular formula is C9H12ClN3O. The zero-order chi connectivity index (χ0) is 10.6. The molecule has 1 N–H and O–H groups in total. The number of H-pyrrole nitrogens is 1. The van der Waals surface area contributed by atoms with Gasteiger partial charge in [0.2, 0.25) is 0 Å². The lowest BCUT2D eigenvalue weighted by Gasteiger charge is -2.20. The molecule has 0 fully saturated rings. The molecule has 0 spiro atoms. The fourth-order valence-electron chi connectivity index (χ4n) is 1.12. The number of nitrogens with zero attached hydrogens (tertiary/aromatic N) is 2. The zero-order valence-corrected chi connectivity index (χ0v) is 8.71. The molecule has 4 nitrogen and oxygen atoms in total. The van der Waals surface area contributed by atoms with Gasteiger partial charge in [-0.3, -0.25) is 4.79 Å². The van der Waals surface area contributed by atoms with Crippen molar-refractivity contribution in [2.24, 2.45) is 0 Å². The van der Waals surface area contributed by atoms with E-state index in [1.165, 1.54) is 6.33 Å². The molecule has 0 amide bonds.